The number of benzene rings is 1. The van der Waals surface area contributed by atoms with Crippen LogP contribution >= 0.6 is 11.6 Å². The fraction of sp³-hybridized carbons (Fsp3) is 0.182. The fourth-order valence-electron chi connectivity index (χ4n) is 1.19. The van der Waals surface area contributed by atoms with Crippen molar-refractivity contribution in [1.29, 1.82) is 0 Å². The Morgan fingerprint density at radius 1 is 1.47 bits per heavy atom. The second-order valence-electron chi connectivity index (χ2n) is 3.28. The summed E-state index contributed by atoms with van der Waals surface area (Å²) in [4.78, 5) is 10.5. The number of hydrogen-bond donors (Lipinski definition) is 2. The first-order valence-corrected chi connectivity index (χ1v) is 4.77. The molecule has 3 nitrogen and oxygen atoms in total. The zero-order valence-electron chi connectivity index (χ0n) is 8.54. The average molecular weight is 226 g/mol. The van der Waals surface area contributed by atoms with Crippen LogP contribution in [-0.2, 0) is 4.79 Å². The molecule has 0 heterocycles. The summed E-state index contributed by atoms with van der Waals surface area (Å²) in [6.45, 7) is 3.58. The number of carbonyl (C=O) groups excluding carboxylic acids is 1. The number of amides is 1. The molecule has 0 aliphatic carbocycles. The Labute approximate surface area is 93.2 Å². The molecule has 0 spiro atoms. The predicted octanol–water partition coefficient (Wildman–Crippen LogP) is 2.16. The molecule has 3 N–H and O–H groups in total. The molecule has 0 radical (unpaired) electrons. The highest BCUT2D eigenvalue weighted by atomic mass is 35.5. The molecule has 0 fully saturated rings. The monoisotopic (exact) mass is 225 g/mol. The third-order valence-corrected chi connectivity index (χ3v) is 2.65. The molecule has 80 valence electrons. The molecule has 0 saturated carbocycles. The van der Waals surface area contributed by atoms with Crippen molar-refractivity contribution < 1.29 is 9.90 Å². The minimum absolute atomic E-state index is 0.120. The Hall–Kier alpha value is -1.48. The van der Waals surface area contributed by atoms with Gasteiger partial charge in [0.05, 0.1) is 0 Å². The van der Waals surface area contributed by atoms with E-state index >= 15 is 0 Å². The van der Waals surface area contributed by atoms with E-state index in [-0.39, 0.29) is 5.75 Å². The summed E-state index contributed by atoms with van der Waals surface area (Å²) in [7, 11) is 0. The van der Waals surface area contributed by atoms with Gasteiger partial charge < -0.3 is 10.8 Å². The number of halogens is 1. The summed E-state index contributed by atoms with van der Waals surface area (Å²) in [5.41, 5.74) is 6.97. The lowest BCUT2D eigenvalue weighted by Gasteiger charge is -2.08. The molecule has 1 rings (SSSR count). The molecule has 0 atom stereocenters. The van der Waals surface area contributed by atoms with Crippen LogP contribution in [0.25, 0.3) is 6.08 Å². The molecule has 15 heavy (non-hydrogen) atoms. The molecule has 0 aliphatic heterocycles. The van der Waals surface area contributed by atoms with Crippen molar-refractivity contribution in [1.82, 2.24) is 0 Å². The lowest BCUT2D eigenvalue weighted by atomic mass is 10.0. The van der Waals surface area contributed by atoms with Crippen LogP contribution in [0.4, 0.5) is 0 Å². The maximum absolute atomic E-state index is 10.5. The topological polar surface area (TPSA) is 63.3 Å². The Morgan fingerprint density at radius 2 is 2.07 bits per heavy atom. The minimum Gasteiger partial charge on any atom is -0.507 e. The lowest BCUT2D eigenvalue weighted by Crippen LogP contribution is -2.05. The summed E-state index contributed by atoms with van der Waals surface area (Å²) in [6.07, 6.45) is 2.62. The van der Waals surface area contributed by atoms with E-state index in [1.165, 1.54) is 12.2 Å². The van der Waals surface area contributed by atoms with Gasteiger partial charge in [-0.15, -0.1) is 0 Å². The number of nitrogens with two attached hydrogens (primary N) is 1. The first-order chi connectivity index (χ1) is 6.93. The van der Waals surface area contributed by atoms with E-state index in [2.05, 4.69) is 0 Å². The number of primary amides is 1. The first kappa shape index (κ1) is 11.6. The number of phenols is 1. The molecular weight excluding hydrogens is 214 g/mol. The number of hydrogen-bond acceptors (Lipinski definition) is 2. The molecule has 0 unspecified atom stereocenters. The Kier molecular flexibility index (Phi) is 3.37. The van der Waals surface area contributed by atoms with Crippen LogP contribution < -0.4 is 5.73 Å². The third-order valence-electron chi connectivity index (χ3n) is 2.26. The molecule has 1 aromatic carbocycles. The van der Waals surface area contributed by atoms with Crippen molar-refractivity contribution in [3.05, 3.63) is 33.9 Å². The third kappa shape index (κ3) is 2.50. The van der Waals surface area contributed by atoms with Gasteiger partial charge in [-0.05, 0) is 37.1 Å². The minimum atomic E-state index is -0.566. The largest absolute Gasteiger partial charge is 0.507 e. The van der Waals surface area contributed by atoms with Crippen LogP contribution in [0.15, 0.2) is 12.1 Å². The van der Waals surface area contributed by atoms with Crippen molar-refractivity contribution in [3.63, 3.8) is 0 Å². The molecule has 0 saturated heterocycles. The van der Waals surface area contributed by atoms with Crippen molar-refractivity contribution in [3.8, 4) is 5.75 Å². The van der Waals surface area contributed by atoms with Crippen LogP contribution in [0.1, 0.15) is 16.7 Å². The van der Waals surface area contributed by atoms with E-state index < -0.39 is 5.91 Å². The van der Waals surface area contributed by atoms with E-state index in [0.717, 1.165) is 5.56 Å². The van der Waals surface area contributed by atoms with E-state index in [4.69, 9.17) is 17.3 Å². The summed E-state index contributed by atoms with van der Waals surface area (Å²) in [5, 5.41) is 10.3. The molecule has 1 amide bonds. The van der Waals surface area contributed by atoms with E-state index in [9.17, 15) is 9.90 Å². The number of carbonyl (C=O) groups is 1. The van der Waals surface area contributed by atoms with E-state index in [1.807, 2.05) is 6.92 Å². The number of phenolic OH excluding ortho intramolecular Hbond substituents is 1. The predicted molar refractivity (Wildman–Crippen MR) is 60.8 cm³/mol. The van der Waals surface area contributed by atoms with E-state index in [0.29, 0.717) is 16.1 Å². The molecule has 1 aromatic rings. The number of aromatic hydroxyl groups is 1. The number of rotatable bonds is 2. The second-order valence-corrected chi connectivity index (χ2v) is 3.69. The highest BCUT2D eigenvalue weighted by Crippen LogP contribution is 2.31. The smallest absolute Gasteiger partial charge is 0.241 e. The summed E-state index contributed by atoms with van der Waals surface area (Å²) in [6, 6.07) is 1.60. The standard InChI is InChI=1S/C11H12ClNO2/c1-6-7(2)11(15)8(5-9(6)12)3-4-10(13)14/h3-5,15H,1-2H3,(H2,13,14)/b4-3-. The van der Waals surface area contributed by atoms with Crippen LogP contribution in [0.5, 0.6) is 5.75 Å². The van der Waals surface area contributed by atoms with Gasteiger partial charge >= 0.3 is 0 Å². The zero-order valence-corrected chi connectivity index (χ0v) is 9.30. The van der Waals surface area contributed by atoms with Crippen molar-refractivity contribution in [2.24, 2.45) is 5.73 Å². The first-order valence-electron chi connectivity index (χ1n) is 4.39. The zero-order chi connectivity index (χ0) is 11.6. The van der Waals surface area contributed by atoms with Gasteiger partial charge in [-0.3, -0.25) is 4.79 Å². The van der Waals surface area contributed by atoms with Gasteiger partial charge in [-0.1, -0.05) is 11.6 Å². The molecule has 0 aromatic heterocycles. The highest BCUT2D eigenvalue weighted by molar-refractivity contribution is 6.31. The average Bonchev–Trinajstić information content (AvgIpc) is 2.18. The van der Waals surface area contributed by atoms with Gasteiger partial charge in [0.25, 0.3) is 0 Å². The maximum atomic E-state index is 10.5. The fourth-order valence-corrected chi connectivity index (χ4v) is 1.44. The maximum Gasteiger partial charge on any atom is 0.241 e. The molecular formula is C11H12ClNO2. The van der Waals surface area contributed by atoms with Gasteiger partial charge in [-0.2, -0.15) is 0 Å². The summed E-state index contributed by atoms with van der Waals surface area (Å²) in [5.74, 6) is -0.446. The van der Waals surface area contributed by atoms with E-state index in [1.54, 1.807) is 13.0 Å². The summed E-state index contributed by atoms with van der Waals surface area (Å²) < 4.78 is 0. The quantitative estimate of drug-likeness (QED) is 0.758. The SMILES string of the molecule is Cc1c(Cl)cc(/C=C\C(N)=O)c(O)c1C. The van der Waals surface area contributed by atoms with Crippen LogP contribution in [0.2, 0.25) is 5.02 Å². The molecule has 0 aliphatic rings. The van der Waals surface area contributed by atoms with Gasteiger partial charge in [0.1, 0.15) is 5.75 Å². The Bertz CT molecular complexity index is 439. The summed E-state index contributed by atoms with van der Waals surface area (Å²) >= 11 is 5.95. The Balaban J connectivity index is 3.26. The van der Waals surface area contributed by atoms with Crippen molar-refractivity contribution in [2.45, 2.75) is 13.8 Å². The van der Waals surface area contributed by atoms with Crippen molar-refractivity contribution in [2.75, 3.05) is 0 Å². The normalized spacial score (nSPS) is 10.9. The van der Waals surface area contributed by atoms with Gasteiger partial charge in [-0.25, -0.2) is 0 Å². The van der Waals surface area contributed by atoms with Crippen LogP contribution in [0.3, 0.4) is 0 Å². The van der Waals surface area contributed by atoms with Gasteiger partial charge in [0.15, 0.2) is 0 Å². The van der Waals surface area contributed by atoms with Crippen LogP contribution in [0, 0.1) is 13.8 Å². The van der Waals surface area contributed by atoms with Crippen LogP contribution in [-0.4, -0.2) is 11.0 Å². The lowest BCUT2D eigenvalue weighted by molar-refractivity contribution is -0.113. The Morgan fingerprint density at radius 3 is 2.60 bits per heavy atom. The van der Waals surface area contributed by atoms with Crippen molar-refractivity contribution >= 4 is 23.6 Å². The highest BCUT2D eigenvalue weighted by Gasteiger charge is 2.08. The molecule has 4 heteroatoms. The molecule has 0 bridgehead atoms. The second kappa shape index (κ2) is 4.36. The van der Waals surface area contributed by atoms with Gasteiger partial charge in [0.2, 0.25) is 5.91 Å². The van der Waals surface area contributed by atoms with Gasteiger partial charge in [0, 0.05) is 16.7 Å².